The molecule has 1 aromatic heterocycles. The number of fused-ring (bicyclic) bond motifs is 1. The highest BCUT2D eigenvalue weighted by Gasteiger charge is 2.08. The second kappa shape index (κ2) is 4.03. The van der Waals surface area contributed by atoms with Gasteiger partial charge in [-0.3, -0.25) is 0 Å². The summed E-state index contributed by atoms with van der Waals surface area (Å²) in [6.45, 7) is 5.87. The highest BCUT2D eigenvalue weighted by Crippen LogP contribution is 2.16. The van der Waals surface area contributed by atoms with Crippen LogP contribution >= 0.6 is 0 Å². The number of aromatic nitrogens is 2. The van der Waals surface area contributed by atoms with Crippen molar-refractivity contribution in [3.05, 3.63) is 30.1 Å². The Morgan fingerprint density at radius 1 is 1.40 bits per heavy atom. The summed E-state index contributed by atoms with van der Waals surface area (Å²) >= 11 is 0. The molecule has 0 aliphatic heterocycles. The van der Waals surface area contributed by atoms with E-state index in [9.17, 15) is 0 Å². The number of nitrogens with zero attached hydrogens (tertiary/aromatic N) is 2. The molecule has 3 heteroatoms. The van der Waals surface area contributed by atoms with E-state index in [0.29, 0.717) is 12.5 Å². The van der Waals surface area contributed by atoms with Crippen LogP contribution in [0.25, 0.3) is 11.0 Å². The van der Waals surface area contributed by atoms with E-state index in [-0.39, 0.29) is 0 Å². The lowest BCUT2D eigenvalue weighted by Crippen LogP contribution is -2.17. The number of imidazole rings is 1. The Hall–Kier alpha value is -1.35. The molecular weight excluding hydrogens is 186 g/mol. The van der Waals surface area contributed by atoms with Crippen LogP contribution in [0.3, 0.4) is 0 Å². The molecule has 0 aliphatic carbocycles. The van der Waals surface area contributed by atoms with Gasteiger partial charge in [0.1, 0.15) is 5.82 Å². The van der Waals surface area contributed by atoms with Crippen LogP contribution in [0.1, 0.15) is 12.7 Å². The molecule has 1 heterocycles. The molecule has 0 saturated carbocycles. The average molecular weight is 203 g/mol. The predicted octanol–water partition coefficient (Wildman–Crippen LogP) is 1.94. The minimum absolute atomic E-state index is 0.487. The maximum absolute atomic E-state index is 5.65. The molecule has 0 spiro atoms. The molecule has 15 heavy (non-hydrogen) atoms. The smallest absolute Gasteiger partial charge is 0.106 e. The minimum Gasteiger partial charge on any atom is -0.330 e. The summed E-state index contributed by atoms with van der Waals surface area (Å²) in [4.78, 5) is 4.52. The molecule has 0 aliphatic rings. The Balaban J connectivity index is 2.45. The van der Waals surface area contributed by atoms with E-state index in [1.807, 2.05) is 25.1 Å². The summed E-state index contributed by atoms with van der Waals surface area (Å²) < 4.78 is 2.24. The van der Waals surface area contributed by atoms with E-state index in [2.05, 4.69) is 22.5 Å². The van der Waals surface area contributed by atoms with Gasteiger partial charge in [-0.1, -0.05) is 19.1 Å². The summed E-state index contributed by atoms with van der Waals surface area (Å²) in [6, 6.07) is 8.23. The van der Waals surface area contributed by atoms with Gasteiger partial charge in [-0.2, -0.15) is 0 Å². The zero-order valence-electron chi connectivity index (χ0n) is 9.27. The van der Waals surface area contributed by atoms with Gasteiger partial charge in [-0.25, -0.2) is 4.98 Å². The Labute approximate surface area is 89.9 Å². The molecule has 2 rings (SSSR count). The Morgan fingerprint density at radius 3 is 2.87 bits per heavy atom. The van der Waals surface area contributed by atoms with Gasteiger partial charge in [-0.05, 0) is 31.5 Å². The molecule has 0 fully saturated rings. The van der Waals surface area contributed by atoms with Crippen LogP contribution in [-0.2, 0) is 6.54 Å². The fraction of sp³-hybridized carbons (Fsp3) is 0.417. The first-order valence-corrected chi connectivity index (χ1v) is 5.34. The van der Waals surface area contributed by atoms with E-state index in [1.165, 1.54) is 5.52 Å². The Morgan fingerprint density at radius 2 is 2.13 bits per heavy atom. The third kappa shape index (κ3) is 1.88. The van der Waals surface area contributed by atoms with E-state index < -0.39 is 0 Å². The van der Waals surface area contributed by atoms with Crippen LogP contribution in [0.4, 0.5) is 0 Å². The van der Waals surface area contributed by atoms with Crippen molar-refractivity contribution < 1.29 is 0 Å². The molecular formula is C12H17N3. The topological polar surface area (TPSA) is 43.8 Å². The molecule has 2 N–H and O–H groups in total. The van der Waals surface area contributed by atoms with Crippen molar-refractivity contribution in [1.82, 2.24) is 9.55 Å². The van der Waals surface area contributed by atoms with E-state index >= 15 is 0 Å². The lowest BCUT2D eigenvalue weighted by Gasteiger charge is -2.11. The lowest BCUT2D eigenvalue weighted by molar-refractivity contribution is 0.493. The van der Waals surface area contributed by atoms with Gasteiger partial charge in [0.2, 0.25) is 0 Å². The highest BCUT2D eigenvalue weighted by atomic mass is 15.1. The first kappa shape index (κ1) is 10.2. The van der Waals surface area contributed by atoms with Crippen LogP contribution < -0.4 is 5.73 Å². The van der Waals surface area contributed by atoms with Crippen molar-refractivity contribution >= 4 is 11.0 Å². The molecule has 1 unspecified atom stereocenters. The monoisotopic (exact) mass is 203 g/mol. The molecule has 1 atom stereocenters. The molecule has 80 valence electrons. The van der Waals surface area contributed by atoms with Crippen LogP contribution in [0.15, 0.2) is 24.3 Å². The molecule has 2 aromatic rings. The first-order valence-electron chi connectivity index (χ1n) is 5.34. The summed E-state index contributed by atoms with van der Waals surface area (Å²) in [5.41, 5.74) is 7.92. The SMILES string of the molecule is Cc1nc2ccccc2n1CC(C)CN. The number of rotatable bonds is 3. The molecule has 1 aromatic carbocycles. The van der Waals surface area contributed by atoms with Crippen molar-refractivity contribution in [1.29, 1.82) is 0 Å². The minimum atomic E-state index is 0.487. The summed E-state index contributed by atoms with van der Waals surface area (Å²) in [5.74, 6) is 1.55. The quantitative estimate of drug-likeness (QED) is 0.828. The number of para-hydroxylation sites is 2. The van der Waals surface area contributed by atoms with Crippen LogP contribution in [0.5, 0.6) is 0 Å². The van der Waals surface area contributed by atoms with Crippen molar-refractivity contribution in [2.24, 2.45) is 11.7 Å². The van der Waals surface area contributed by atoms with Gasteiger partial charge in [-0.15, -0.1) is 0 Å². The van der Waals surface area contributed by atoms with Gasteiger partial charge in [0.05, 0.1) is 11.0 Å². The maximum Gasteiger partial charge on any atom is 0.106 e. The van der Waals surface area contributed by atoms with Crippen molar-refractivity contribution in [3.63, 3.8) is 0 Å². The number of nitrogens with two attached hydrogens (primary N) is 1. The van der Waals surface area contributed by atoms with Crippen molar-refractivity contribution in [2.45, 2.75) is 20.4 Å². The van der Waals surface area contributed by atoms with Crippen LogP contribution in [0.2, 0.25) is 0 Å². The number of benzene rings is 1. The standard InChI is InChI=1S/C12H17N3/c1-9(7-13)8-15-10(2)14-11-5-3-4-6-12(11)15/h3-6,9H,7-8,13H2,1-2H3. The van der Waals surface area contributed by atoms with Crippen molar-refractivity contribution in [2.75, 3.05) is 6.54 Å². The second-order valence-electron chi connectivity index (χ2n) is 4.10. The Bertz CT molecular complexity index is 459. The molecule has 0 radical (unpaired) electrons. The first-order chi connectivity index (χ1) is 7.22. The van der Waals surface area contributed by atoms with Crippen LogP contribution in [0, 0.1) is 12.8 Å². The van der Waals surface area contributed by atoms with Gasteiger partial charge >= 0.3 is 0 Å². The van der Waals surface area contributed by atoms with E-state index in [1.54, 1.807) is 0 Å². The maximum atomic E-state index is 5.65. The number of hydrogen-bond acceptors (Lipinski definition) is 2. The third-order valence-corrected chi connectivity index (χ3v) is 2.74. The van der Waals surface area contributed by atoms with Gasteiger partial charge in [0, 0.05) is 6.54 Å². The predicted molar refractivity (Wildman–Crippen MR) is 62.7 cm³/mol. The number of aryl methyl sites for hydroxylation is 1. The normalized spacial score (nSPS) is 13.3. The molecule has 0 saturated heterocycles. The van der Waals surface area contributed by atoms with Gasteiger partial charge in [0.25, 0.3) is 0 Å². The lowest BCUT2D eigenvalue weighted by atomic mass is 10.2. The second-order valence-corrected chi connectivity index (χ2v) is 4.10. The molecule has 3 nitrogen and oxygen atoms in total. The number of hydrogen-bond donors (Lipinski definition) is 1. The fourth-order valence-electron chi connectivity index (χ4n) is 1.81. The zero-order chi connectivity index (χ0) is 10.8. The van der Waals surface area contributed by atoms with Gasteiger partial charge < -0.3 is 10.3 Å². The highest BCUT2D eigenvalue weighted by molar-refractivity contribution is 5.75. The summed E-state index contributed by atoms with van der Waals surface area (Å²) in [7, 11) is 0. The zero-order valence-corrected chi connectivity index (χ0v) is 9.27. The average Bonchev–Trinajstić information content (AvgIpc) is 2.55. The van der Waals surface area contributed by atoms with E-state index in [0.717, 1.165) is 17.9 Å². The fourth-order valence-corrected chi connectivity index (χ4v) is 1.81. The van der Waals surface area contributed by atoms with Crippen molar-refractivity contribution in [3.8, 4) is 0 Å². The Kier molecular flexibility index (Phi) is 2.73. The van der Waals surface area contributed by atoms with Crippen LogP contribution in [-0.4, -0.2) is 16.1 Å². The summed E-state index contributed by atoms with van der Waals surface area (Å²) in [6.07, 6.45) is 0. The largest absolute Gasteiger partial charge is 0.330 e. The molecule has 0 amide bonds. The summed E-state index contributed by atoms with van der Waals surface area (Å²) in [5, 5.41) is 0. The molecule has 0 bridgehead atoms. The third-order valence-electron chi connectivity index (χ3n) is 2.74. The van der Waals surface area contributed by atoms with Gasteiger partial charge in [0.15, 0.2) is 0 Å². The van der Waals surface area contributed by atoms with E-state index in [4.69, 9.17) is 5.73 Å².